The molecule has 1 fully saturated rings. The minimum atomic E-state index is -3.57. The third kappa shape index (κ3) is 3.46. The Balaban J connectivity index is 2.08. The number of hydrogen-bond acceptors (Lipinski definition) is 4. The highest BCUT2D eigenvalue weighted by Crippen LogP contribution is 2.36. The summed E-state index contributed by atoms with van der Waals surface area (Å²) in [6.45, 7) is 2.45. The molecule has 0 bridgehead atoms. The first kappa shape index (κ1) is 14.3. The van der Waals surface area contributed by atoms with Gasteiger partial charge in [-0.05, 0) is 43.5 Å². The van der Waals surface area contributed by atoms with Crippen molar-refractivity contribution in [3.05, 3.63) is 24.3 Å². The summed E-state index contributed by atoms with van der Waals surface area (Å²) in [7, 11) is -3.57. The second-order valence-corrected chi connectivity index (χ2v) is 6.55. The van der Waals surface area contributed by atoms with E-state index < -0.39 is 15.6 Å². The highest BCUT2D eigenvalue weighted by atomic mass is 32.2. The van der Waals surface area contributed by atoms with Gasteiger partial charge in [0.15, 0.2) is 0 Å². The monoisotopic (exact) mass is 285 g/mol. The number of aliphatic hydroxyl groups excluding tert-OH is 1. The Morgan fingerprint density at radius 2 is 1.95 bits per heavy atom. The summed E-state index contributed by atoms with van der Waals surface area (Å²) in [6, 6.07) is 6.31. The Labute approximate surface area is 113 Å². The first-order valence-electron chi connectivity index (χ1n) is 6.39. The van der Waals surface area contributed by atoms with Crippen molar-refractivity contribution in [2.75, 3.05) is 13.2 Å². The van der Waals surface area contributed by atoms with E-state index in [2.05, 4.69) is 4.72 Å². The Hall–Kier alpha value is -1.11. The Kier molecular flexibility index (Phi) is 4.13. The molecular weight excluding hydrogens is 266 g/mol. The second kappa shape index (κ2) is 5.48. The van der Waals surface area contributed by atoms with Crippen LogP contribution >= 0.6 is 0 Å². The predicted molar refractivity (Wildman–Crippen MR) is 71.6 cm³/mol. The molecule has 0 saturated heterocycles. The average Bonchev–Trinajstić information content (AvgIpc) is 3.16. The number of aliphatic hydroxyl groups is 1. The summed E-state index contributed by atoms with van der Waals surface area (Å²) < 4.78 is 32.2. The van der Waals surface area contributed by atoms with Gasteiger partial charge in [0.25, 0.3) is 0 Å². The third-order valence-electron chi connectivity index (χ3n) is 3.11. The normalized spacial score (nSPS) is 17.2. The van der Waals surface area contributed by atoms with Crippen LogP contribution in [0.25, 0.3) is 0 Å². The summed E-state index contributed by atoms with van der Waals surface area (Å²) in [6.07, 6.45) is 2.27. The zero-order valence-corrected chi connectivity index (χ0v) is 11.7. The molecule has 0 aromatic heterocycles. The Morgan fingerprint density at radius 1 is 1.32 bits per heavy atom. The molecule has 1 saturated carbocycles. The molecule has 5 nitrogen and oxygen atoms in total. The molecule has 0 aliphatic heterocycles. The molecule has 0 unspecified atom stereocenters. The van der Waals surface area contributed by atoms with Gasteiger partial charge in [-0.15, -0.1) is 0 Å². The highest BCUT2D eigenvalue weighted by Gasteiger charge is 2.45. The minimum absolute atomic E-state index is 0.163. The molecule has 0 radical (unpaired) electrons. The van der Waals surface area contributed by atoms with Gasteiger partial charge in [-0.1, -0.05) is 6.92 Å². The van der Waals surface area contributed by atoms with E-state index in [-0.39, 0.29) is 11.5 Å². The van der Waals surface area contributed by atoms with Gasteiger partial charge in [-0.2, -0.15) is 0 Å². The van der Waals surface area contributed by atoms with Gasteiger partial charge in [0.05, 0.1) is 23.6 Å². The van der Waals surface area contributed by atoms with Crippen LogP contribution < -0.4 is 9.46 Å². The summed E-state index contributed by atoms with van der Waals surface area (Å²) in [4.78, 5) is 0.191. The third-order valence-corrected chi connectivity index (χ3v) is 4.71. The Bertz CT molecular complexity index is 520. The van der Waals surface area contributed by atoms with Crippen LogP contribution in [0, 0.1) is 0 Å². The highest BCUT2D eigenvalue weighted by molar-refractivity contribution is 7.89. The fourth-order valence-electron chi connectivity index (χ4n) is 1.72. The van der Waals surface area contributed by atoms with Gasteiger partial charge in [-0.3, -0.25) is 0 Å². The number of sulfonamides is 1. The molecule has 106 valence electrons. The number of ether oxygens (including phenoxy) is 1. The molecular formula is C13H19NO4S. The van der Waals surface area contributed by atoms with Crippen LogP contribution in [0.1, 0.15) is 26.2 Å². The first-order valence-corrected chi connectivity index (χ1v) is 7.87. The van der Waals surface area contributed by atoms with Crippen molar-refractivity contribution >= 4 is 10.0 Å². The molecule has 0 spiro atoms. The van der Waals surface area contributed by atoms with Crippen molar-refractivity contribution in [2.45, 2.75) is 36.6 Å². The Morgan fingerprint density at radius 3 is 2.42 bits per heavy atom. The standard InChI is InChI=1S/C13H19NO4S/c1-2-9-18-11-3-5-12(6-4-11)19(16,17)14-13(10-15)7-8-13/h3-6,14-15H,2,7-10H2,1H3. The first-order chi connectivity index (χ1) is 9.01. The van der Waals surface area contributed by atoms with Crippen molar-refractivity contribution in [3.8, 4) is 5.75 Å². The van der Waals surface area contributed by atoms with Crippen molar-refractivity contribution in [3.63, 3.8) is 0 Å². The van der Waals surface area contributed by atoms with E-state index in [9.17, 15) is 8.42 Å². The van der Waals surface area contributed by atoms with E-state index in [4.69, 9.17) is 9.84 Å². The molecule has 0 amide bonds. The van der Waals surface area contributed by atoms with E-state index in [0.717, 1.165) is 6.42 Å². The average molecular weight is 285 g/mol. The van der Waals surface area contributed by atoms with Crippen molar-refractivity contribution in [1.82, 2.24) is 4.72 Å². The van der Waals surface area contributed by atoms with Gasteiger partial charge in [0.1, 0.15) is 5.75 Å². The smallest absolute Gasteiger partial charge is 0.241 e. The quantitative estimate of drug-likeness (QED) is 0.791. The van der Waals surface area contributed by atoms with Gasteiger partial charge < -0.3 is 9.84 Å². The zero-order valence-electron chi connectivity index (χ0n) is 10.9. The fourth-order valence-corrected chi connectivity index (χ4v) is 3.17. The maximum Gasteiger partial charge on any atom is 0.241 e. The fraction of sp³-hybridized carbons (Fsp3) is 0.538. The van der Waals surface area contributed by atoms with E-state index in [0.29, 0.717) is 25.2 Å². The maximum absolute atomic E-state index is 12.1. The number of nitrogens with one attached hydrogen (secondary N) is 1. The van der Waals surface area contributed by atoms with E-state index in [1.807, 2.05) is 6.92 Å². The molecule has 0 heterocycles. The van der Waals surface area contributed by atoms with Gasteiger partial charge in [0, 0.05) is 0 Å². The molecule has 2 rings (SSSR count). The van der Waals surface area contributed by atoms with Crippen LogP contribution in [0.3, 0.4) is 0 Å². The second-order valence-electron chi connectivity index (χ2n) is 4.86. The van der Waals surface area contributed by atoms with Gasteiger partial charge >= 0.3 is 0 Å². The van der Waals surface area contributed by atoms with Gasteiger partial charge in [0.2, 0.25) is 10.0 Å². The van der Waals surface area contributed by atoms with Crippen LogP contribution in [0.2, 0.25) is 0 Å². The number of rotatable bonds is 7. The summed E-state index contributed by atoms with van der Waals surface area (Å²) >= 11 is 0. The van der Waals surface area contributed by atoms with Gasteiger partial charge in [-0.25, -0.2) is 13.1 Å². The number of benzene rings is 1. The molecule has 0 atom stereocenters. The van der Waals surface area contributed by atoms with Crippen molar-refractivity contribution in [2.24, 2.45) is 0 Å². The topological polar surface area (TPSA) is 75.6 Å². The lowest BCUT2D eigenvalue weighted by molar-refractivity contribution is 0.246. The molecule has 1 aromatic carbocycles. The lowest BCUT2D eigenvalue weighted by Gasteiger charge is -2.14. The zero-order chi connectivity index (χ0) is 13.9. The maximum atomic E-state index is 12.1. The molecule has 1 aliphatic rings. The van der Waals surface area contributed by atoms with Crippen molar-refractivity contribution in [1.29, 1.82) is 0 Å². The molecule has 2 N–H and O–H groups in total. The molecule has 6 heteroatoms. The van der Waals surface area contributed by atoms with E-state index in [1.165, 1.54) is 12.1 Å². The number of hydrogen-bond donors (Lipinski definition) is 2. The summed E-state index contributed by atoms with van der Waals surface area (Å²) in [5, 5.41) is 9.16. The predicted octanol–water partition coefficient (Wildman–Crippen LogP) is 1.28. The van der Waals surface area contributed by atoms with E-state index >= 15 is 0 Å². The van der Waals surface area contributed by atoms with Crippen LogP contribution in [-0.4, -0.2) is 32.3 Å². The molecule has 1 aromatic rings. The van der Waals surface area contributed by atoms with Crippen LogP contribution in [0.15, 0.2) is 29.2 Å². The van der Waals surface area contributed by atoms with Crippen LogP contribution in [0.5, 0.6) is 5.75 Å². The largest absolute Gasteiger partial charge is 0.494 e. The van der Waals surface area contributed by atoms with Crippen molar-refractivity contribution < 1.29 is 18.3 Å². The minimum Gasteiger partial charge on any atom is -0.494 e. The lowest BCUT2D eigenvalue weighted by atomic mass is 10.3. The summed E-state index contributed by atoms with van der Waals surface area (Å²) in [5.74, 6) is 0.657. The van der Waals surface area contributed by atoms with Crippen LogP contribution in [-0.2, 0) is 10.0 Å². The van der Waals surface area contributed by atoms with E-state index in [1.54, 1.807) is 12.1 Å². The molecule has 1 aliphatic carbocycles. The SMILES string of the molecule is CCCOc1ccc(S(=O)(=O)NC2(CO)CC2)cc1. The van der Waals surface area contributed by atoms with Crippen LogP contribution in [0.4, 0.5) is 0 Å². The molecule has 19 heavy (non-hydrogen) atoms. The lowest BCUT2D eigenvalue weighted by Crippen LogP contribution is -2.39. The summed E-state index contributed by atoms with van der Waals surface area (Å²) in [5.41, 5.74) is -0.643.